The number of esters is 1. The Morgan fingerprint density at radius 2 is 2.21 bits per heavy atom. The van der Waals surface area contributed by atoms with Crippen molar-refractivity contribution in [2.45, 2.75) is 38.7 Å². The third-order valence-corrected chi connectivity index (χ3v) is 5.77. The van der Waals surface area contributed by atoms with Gasteiger partial charge >= 0.3 is 5.97 Å². The van der Waals surface area contributed by atoms with Gasteiger partial charge in [-0.2, -0.15) is 0 Å². The number of pyridine rings is 1. The van der Waals surface area contributed by atoms with E-state index < -0.39 is 5.97 Å². The lowest BCUT2D eigenvalue weighted by Crippen LogP contribution is -2.26. The van der Waals surface area contributed by atoms with Crippen molar-refractivity contribution >= 4 is 40.8 Å². The van der Waals surface area contributed by atoms with Gasteiger partial charge in [0.1, 0.15) is 10.9 Å². The van der Waals surface area contributed by atoms with Crippen molar-refractivity contribution in [3.8, 4) is 5.75 Å². The SMILES string of the molecule is CCSC1CC(=O)c2cc(C)cc([C@@H](C)Nc3ccc(Cl)nc3C(=O)OC)c2O1. The lowest BCUT2D eigenvalue weighted by atomic mass is 9.95. The van der Waals surface area contributed by atoms with Crippen LogP contribution in [0.25, 0.3) is 0 Å². The Labute approximate surface area is 179 Å². The molecule has 1 N–H and O–H groups in total. The number of carbonyl (C=O) groups excluding carboxylic acids is 2. The molecule has 1 aromatic carbocycles. The molecule has 0 aliphatic carbocycles. The van der Waals surface area contributed by atoms with Crippen LogP contribution in [0.15, 0.2) is 24.3 Å². The molecule has 0 bridgehead atoms. The molecule has 2 aromatic rings. The molecule has 0 radical (unpaired) electrons. The molecule has 0 fully saturated rings. The molecule has 0 saturated heterocycles. The third-order valence-electron chi connectivity index (χ3n) is 4.59. The quantitative estimate of drug-likeness (QED) is 0.503. The summed E-state index contributed by atoms with van der Waals surface area (Å²) in [7, 11) is 1.29. The van der Waals surface area contributed by atoms with E-state index in [1.165, 1.54) is 7.11 Å². The van der Waals surface area contributed by atoms with Gasteiger partial charge in [-0.25, -0.2) is 9.78 Å². The predicted octanol–water partition coefficient (Wildman–Crippen LogP) is 5.05. The van der Waals surface area contributed by atoms with Gasteiger partial charge in [0.05, 0.1) is 30.8 Å². The summed E-state index contributed by atoms with van der Waals surface area (Å²) in [6, 6.07) is 6.88. The van der Waals surface area contributed by atoms with Crippen LogP contribution in [0.4, 0.5) is 5.69 Å². The number of fused-ring (bicyclic) bond motifs is 1. The van der Waals surface area contributed by atoms with Crippen molar-refractivity contribution < 1.29 is 19.1 Å². The zero-order valence-electron chi connectivity index (χ0n) is 16.7. The Balaban J connectivity index is 1.98. The van der Waals surface area contributed by atoms with Gasteiger partial charge in [-0.05, 0) is 43.4 Å². The number of halogens is 1. The van der Waals surface area contributed by atoms with Gasteiger partial charge in [0.25, 0.3) is 0 Å². The maximum atomic E-state index is 12.7. The first kappa shape index (κ1) is 21.5. The monoisotopic (exact) mass is 434 g/mol. The Hall–Kier alpha value is -2.25. The Kier molecular flexibility index (Phi) is 6.70. The number of carbonyl (C=O) groups is 2. The van der Waals surface area contributed by atoms with Gasteiger partial charge in [-0.3, -0.25) is 4.79 Å². The zero-order chi connectivity index (χ0) is 21.1. The highest BCUT2D eigenvalue weighted by molar-refractivity contribution is 7.99. The number of benzene rings is 1. The molecule has 29 heavy (non-hydrogen) atoms. The molecular formula is C21H23ClN2O4S. The fraction of sp³-hybridized carbons (Fsp3) is 0.381. The number of ether oxygens (including phenoxy) is 2. The first-order chi connectivity index (χ1) is 13.8. The molecule has 0 spiro atoms. The van der Waals surface area contributed by atoms with Crippen LogP contribution < -0.4 is 10.1 Å². The number of nitrogens with one attached hydrogen (secondary N) is 1. The minimum atomic E-state index is -0.584. The van der Waals surface area contributed by atoms with E-state index in [0.29, 0.717) is 23.4 Å². The number of aromatic nitrogens is 1. The smallest absolute Gasteiger partial charge is 0.358 e. The normalized spacial score (nSPS) is 16.6. The highest BCUT2D eigenvalue weighted by Crippen LogP contribution is 2.39. The van der Waals surface area contributed by atoms with E-state index in [-0.39, 0.29) is 28.1 Å². The lowest BCUT2D eigenvalue weighted by molar-refractivity contribution is 0.0595. The number of hydrogen-bond acceptors (Lipinski definition) is 7. The molecule has 0 saturated carbocycles. The molecule has 6 nitrogen and oxygen atoms in total. The molecule has 1 unspecified atom stereocenters. The number of hydrogen-bond donors (Lipinski definition) is 1. The van der Waals surface area contributed by atoms with E-state index in [9.17, 15) is 9.59 Å². The summed E-state index contributed by atoms with van der Waals surface area (Å²) >= 11 is 7.55. The molecule has 3 rings (SSSR count). The standard InChI is InChI=1S/C21H23ClN2O4S/c1-5-29-18-10-16(25)14-9-11(2)8-13(20(14)28-18)12(3)23-15-6-7-17(22)24-19(15)21(26)27-4/h6-9,12,18,23H,5,10H2,1-4H3/t12-,18?/m1/s1. The summed E-state index contributed by atoms with van der Waals surface area (Å²) in [5.41, 5.74) is 2.81. The minimum absolute atomic E-state index is 0.0813. The van der Waals surface area contributed by atoms with E-state index in [2.05, 4.69) is 10.3 Å². The van der Waals surface area contributed by atoms with Crippen LogP contribution in [0.1, 0.15) is 58.3 Å². The Bertz CT molecular complexity index is 951. The van der Waals surface area contributed by atoms with E-state index in [1.54, 1.807) is 23.9 Å². The average molecular weight is 435 g/mol. The van der Waals surface area contributed by atoms with Crippen LogP contribution in [0.3, 0.4) is 0 Å². The van der Waals surface area contributed by atoms with Crippen LogP contribution >= 0.6 is 23.4 Å². The summed E-state index contributed by atoms with van der Waals surface area (Å²) in [4.78, 5) is 28.9. The zero-order valence-corrected chi connectivity index (χ0v) is 18.3. The van der Waals surface area contributed by atoms with Crippen LogP contribution in [0.2, 0.25) is 5.15 Å². The van der Waals surface area contributed by atoms with E-state index in [0.717, 1.165) is 16.9 Å². The number of Topliss-reactive ketones (excluding diaryl/α,β-unsaturated/α-hetero) is 1. The third kappa shape index (κ3) is 4.67. The van der Waals surface area contributed by atoms with Crippen molar-refractivity contribution in [3.05, 3.63) is 51.8 Å². The molecule has 8 heteroatoms. The fourth-order valence-electron chi connectivity index (χ4n) is 3.29. The van der Waals surface area contributed by atoms with Gasteiger partial charge in [0.15, 0.2) is 16.9 Å². The van der Waals surface area contributed by atoms with Crippen molar-refractivity contribution in [3.63, 3.8) is 0 Å². The van der Waals surface area contributed by atoms with Crippen molar-refractivity contribution in [2.24, 2.45) is 0 Å². The molecule has 2 atom stereocenters. The average Bonchev–Trinajstić information content (AvgIpc) is 2.69. The highest BCUT2D eigenvalue weighted by Gasteiger charge is 2.30. The van der Waals surface area contributed by atoms with Gasteiger partial charge in [-0.1, -0.05) is 24.6 Å². The second kappa shape index (κ2) is 9.05. The van der Waals surface area contributed by atoms with Gasteiger partial charge in [0, 0.05) is 5.56 Å². The molecule has 0 amide bonds. The topological polar surface area (TPSA) is 77.5 Å². The highest BCUT2D eigenvalue weighted by atomic mass is 35.5. The number of ketones is 1. The number of anilines is 1. The van der Waals surface area contributed by atoms with Gasteiger partial charge in [0.2, 0.25) is 0 Å². The summed E-state index contributed by atoms with van der Waals surface area (Å²) in [5, 5.41) is 3.49. The minimum Gasteiger partial charge on any atom is -0.478 e. The number of thioether (sulfide) groups is 1. The van der Waals surface area contributed by atoms with Crippen LogP contribution in [-0.4, -0.2) is 35.0 Å². The molecule has 1 aliphatic rings. The van der Waals surface area contributed by atoms with Crippen molar-refractivity contribution in [2.75, 3.05) is 18.2 Å². The largest absolute Gasteiger partial charge is 0.478 e. The lowest BCUT2D eigenvalue weighted by Gasteiger charge is -2.29. The van der Waals surface area contributed by atoms with Gasteiger partial charge in [-0.15, -0.1) is 11.8 Å². The molecule has 1 aliphatic heterocycles. The van der Waals surface area contributed by atoms with Crippen LogP contribution in [-0.2, 0) is 4.74 Å². The Morgan fingerprint density at radius 3 is 2.90 bits per heavy atom. The second-order valence-electron chi connectivity index (χ2n) is 6.75. The van der Waals surface area contributed by atoms with Crippen LogP contribution in [0.5, 0.6) is 5.75 Å². The first-order valence-electron chi connectivity index (χ1n) is 9.31. The summed E-state index contributed by atoms with van der Waals surface area (Å²) in [6.07, 6.45) is 0.365. The molecule has 2 heterocycles. The summed E-state index contributed by atoms with van der Waals surface area (Å²) in [5.74, 6) is 0.956. The molecule has 1 aromatic heterocycles. The van der Waals surface area contributed by atoms with Gasteiger partial charge < -0.3 is 14.8 Å². The number of methoxy groups -OCH3 is 1. The summed E-state index contributed by atoms with van der Waals surface area (Å²) in [6.45, 7) is 5.92. The number of rotatable bonds is 6. The number of aryl methyl sites for hydroxylation is 1. The second-order valence-corrected chi connectivity index (χ2v) is 8.57. The van der Waals surface area contributed by atoms with E-state index in [1.807, 2.05) is 32.9 Å². The maximum Gasteiger partial charge on any atom is 0.358 e. The van der Waals surface area contributed by atoms with Crippen molar-refractivity contribution in [1.82, 2.24) is 4.98 Å². The van der Waals surface area contributed by atoms with Crippen molar-refractivity contribution in [1.29, 1.82) is 0 Å². The first-order valence-corrected chi connectivity index (χ1v) is 10.7. The predicted molar refractivity (Wildman–Crippen MR) is 115 cm³/mol. The summed E-state index contributed by atoms with van der Waals surface area (Å²) < 4.78 is 11.0. The fourth-order valence-corrected chi connectivity index (χ4v) is 4.24. The maximum absolute atomic E-state index is 12.7. The van der Waals surface area contributed by atoms with E-state index in [4.69, 9.17) is 21.1 Å². The van der Waals surface area contributed by atoms with Crippen LogP contribution in [0, 0.1) is 6.92 Å². The molecule has 154 valence electrons. The Morgan fingerprint density at radius 1 is 1.45 bits per heavy atom. The van der Waals surface area contributed by atoms with E-state index >= 15 is 0 Å². The molecular weight excluding hydrogens is 412 g/mol. The number of nitrogens with zero attached hydrogens (tertiary/aromatic N) is 1.